The normalized spacial score (nSPS) is 10.6. The van der Waals surface area contributed by atoms with Crippen molar-refractivity contribution in [3.05, 3.63) is 23.3 Å². The van der Waals surface area contributed by atoms with Gasteiger partial charge in [-0.05, 0) is 18.1 Å². The molecule has 0 fully saturated rings. The lowest BCUT2D eigenvalue weighted by molar-refractivity contribution is 0.321. The SMILES string of the molecule is CCc1cc(/C=N\O)c(OC)cc1OC. The average molecular weight is 209 g/mol. The van der Waals surface area contributed by atoms with Crippen molar-refractivity contribution < 1.29 is 14.7 Å². The van der Waals surface area contributed by atoms with Crippen molar-refractivity contribution in [1.82, 2.24) is 0 Å². The van der Waals surface area contributed by atoms with Gasteiger partial charge in [0.15, 0.2) is 0 Å². The number of benzene rings is 1. The van der Waals surface area contributed by atoms with E-state index < -0.39 is 0 Å². The van der Waals surface area contributed by atoms with Crippen LogP contribution in [0.2, 0.25) is 0 Å². The Morgan fingerprint density at radius 1 is 1.27 bits per heavy atom. The largest absolute Gasteiger partial charge is 0.496 e. The highest BCUT2D eigenvalue weighted by Crippen LogP contribution is 2.28. The number of rotatable bonds is 4. The van der Waals surface area contributed by atoms with Crippen LogP contribution in [0.3, 0.4) is 0 Å². The van der Waals surface area contributed by atoms with E-state index in [-0.39, 0.29) is 0 Å². The van der Waals surface area contributed by atoms with Crippen molar-refractivity contribution in [1.29, 1.82) is 0 Å². The Kier molecular flexibility index (Phi) is 3.97. The van der Waals surface area contributed by atoms with Crippen LogP contribution in [0.1, 0.15) is 18.1 Å². The Bertz CT molecular complexity index is 361. The zero-order valence-electron chi connectivity index (χ0n) is 9.15. The number of aryl methyl sites for hydroxylation is 1. The third-order valence-corrected chi connectivity index (χ3v) is 2.21. The van der Waals surface area contributed by atoms with Gasteiger partial charge < -0.3 is 14.7 Å². The molecule has 0 amide bonds. The van der Waals surface area contributed by atoms with Gasteiger partial charge in [-0.25, -0.2) is 0 Å². The number of methoxy groups -OCH3 is 2. The summed E-state index contributed by atoms with van der Waals surface area (Å²) in [6.07, 6.45) is 2.19. The van der Waals surface area contributed by atoms with Crippen molar-refractivity contribution in [3.63, 3.8) is 0 Å². The first kappa shape index (κ1) is 11.4. The Balaban J connectivity index is 3.27. The zero-order chi connectivity index (χ0) is 11.3. The van der Waals surface area contributed by atoms with Crippen LogP contribution in [-0.2, 0) is 6.42 Å². The van der Waals surface area contributed by atoms with E-state index >= 15 is 0 Å². The van der Waals surface area contributed by atoms with E-state index in [1.165, 1.54) is 6.21 Å². The number of hydrogen-bond donors (Lipinski definition) is 1. The van der Waals surface area contributed by atoms with Gasteiger partial charge in [0.2, 0.25) is 0 Å². The molecular weight excluding hydrogens is 194 g/mol. The standard InChI is InChI=1S/C11H15NO3/c1-4-8-5-9(7-12-13)11(15-3)6-10(8)14-2/h5-7,13H,4H2,1-3H3/b12-7-. The van der Waals surface area contributed by atoms with Gasteiger partial charge in [0.05, 0.1) is 20.4 Å². The van der Waals surface area contributed by atoms with E-state index in [4.69, 9.17) is 14.7 Å². The zero-order valence-corrected chi connectivity index (χ0v) is 9.15. The fraction of sp³-hybridized carbons (Fsp3) is 0.364. The van der Waals surface area contributed by atoms with Crippen molar-refractivity contribution >= 4 is 6.21 Å². The Morgan fingerprint density at radius 3 is 2.40 bits per heavy atom. The summed E-state index contributed by atoms with van der Waals surface area (Å²) < 4.78 is 10.4. The minimum absolute atomic E-state index is 0.627. The summed E-state index contributed by atoms with van der Waals surface area (Å²) >= 11 is 0. The van der Waals surface area contributed by atoms with E-state index in [0.29, 0.717) is 5.75 Å². The number of hydrogen-bond acceptors (Lipinski definition) is 4. The second kappa shape index (κ2) is 5.24. The fourth-order valence-electron chi connectivity index (χ4n) is 1.43. The topological polar surface area (TPSA) is 51.1 Å². The van der Waals surface area contributed by atoms with Crippen molar-refractivity contribution in [2.45, 2.75) is 13.3 Å². The molecule has 0 bridgehead atoms. The van der Waals surface area contributed by atoms with E-state index in [2.05, 4.69) is 5.16 Å². The predicted octanol–water partition coefficient (Wildman–Crippen LogP) is 2.07. The molecule has 0 saturated heterocycles. The molecule has 4 nitrogen and oxygen atoms in total. The van der Waals surface area contributed by atoms with E-state index in [0.717, 1.165) is 23.3 Å². The van der Waals surface area contributed by atoms with Gasteiger partial charge in [0.1, 0.15) is 11.5 Å². The molecule has 1 rings (SSSR count). The molecule has 0 radical (unpaired) electrons. The third kappa shape index (κ3) is 2.40. The van der Waals surface area contributed by atoms with Crippen LogP contribution in [0, 0.1) is 0 Å². The molecule has 0 atom stereocenters. The van der Waals surface area contributed by atoms with Gasteiger partial charge >= 0.3 is 0 Å². The molecule has 82 valence electrons. The predicted molar refractivity (Wildman–Crippen MR) is 58.3 cm³/mol. The summed E-state index contributed by atoms with van der Waals surface area (Å²) in [5, 5.41) is 11.5. The van der Waals surface area contributed by atoms with Crippen LogP contribution in [0.4, 0.5) is 0 Å². The molecule has 1 N–H and O–H groups in total. The molecule has 0 aromatic heterocycles. The molecule has 0 aliphatic heterocycles. The molecule has 15 heavy (non-hydrogen) atoms. The maximum absolute atomic E-state index is 8.51. The number of oxime groups is 1. The summed E-state index contributed by atoms with van der Waals surface area (Å²) in [6.45, 7) is 2.03. The monoisotopic (exact) mass is 209 g/mol. The smallest absolute Gasteiger partial charge is 0.131 e. The highest BCUT2D eigenvalue weighted by Gasteiger charge is 2.08. The summed E-state index contributed by atoms with van der Waals surface area (Å²) in [6, 6.07) is 3.67. The van der Waals surface area contributed by atoms with Crippen LogP contribution < -0.4 is 9.47 Å². The highest BCUT2D eigenvalue weighted by molar-refractivity contribution is 5.84. The molecule has 0 heterocycles. The molecular formula is C11H15NO3. The molecule has 1 aromatic carbocycles. The van der Waals surface area contributed by atoms with Gasteiger partial charge in [-0.3, -0.25) is 0 Å². The maximum Gasteiger partial charge on any atom is 0.131 e. The minimum atomic E-state index is 0.627. The van der Waals surface area contributed by atoms with E-state index in [9.17, 15) is 0 Å². The lowest BCUT2D eigenvalue weighted by Gasteiger charge is -2.11. The summed E-state index contributed by atoms with van der Waals surface area (Å²) in [5.41, 5.74) is 1.78. The van der Waals surface area contributed by atoms with Crippen molar-refractivity contribution in [3.8, 4) is 11.5 Å². The molecule has 1 aromatic rings. The molecule has 0 aliphatic carbocycles. The van der Waals surface area contributed by atoms with Crippen LogP contribution in [0.15, 0.2) is 17.3 Å². The summed E-state index contributed by atoms with van der Waals surface area (Å²) in [7, 11) is 3.18. The van der Waals surface area contributed by atoms with Crippen molar-refractivity contribution in [2.75, 3.05) is 14.2 Å². The molecule has 0 unspecified atom stereocenters. The van der Waals surface area contributed by atoms with Crippen LogP contribution in [0.5, 0.6) is 11.5 Å². The molecule has 4 heteroatoms. The van der Waals surface area contributed by atoms with Crippen LogP contribution in [-0.4, -0.2) is 25.6 Å². The van der Waals surface area contributed by atoms with Crippen molar-refractivity contribution in [2.24, 2.45) is 5.16 Å². The third-order valence-electron chi connectivity index (χ3n) is 2.21. The lowest BCUT2D eigenvalue weighted by Crippen LogP contribution is -1.97. The maximum atomic E-state index is 8.51. The second-order valence-corrected chi connectivity index (χ2v) is 3.00. The van der Waals surface area contributed by atoms with Gasteiger partial charge in [-0.15, -0.1) is 0 Å². The van der Waals surface area contributed by atoms with Gasteiger partial charge in [-0.1, -0.05) is 12.1 Å². The van der Waals surface area contributed by atoms with E-state index in [1.807, 2.05) is 13.0 Å². The van der Waals surface area contributed by atoms with Crippen LogP contribution in [0.25, 0.3) is 0 Å². The number of nitrogens with zero attached hydrogens (tertiary/aromatic N) is 1. The lowest BCUT2D eigenvalue weighted by atomic mass is 10.1. The molecule has 0 saturated carbocycles. The number of ether oxygens (including phenoxy) is 2. The van der Waals surface area contributed by atoms with Gasteiger partial charge in [-0.2, -0.15) is 0 Å². The van der Waals surface area contributed by atoms with Gasteiger partial charge in [0.25, 0.3) is 0 Å². The van der Waals surface area contributed by atoms with E-state index in [1.54, 1.807) is 20.3 Å². The first-order chi connectivity index (χ1) is 7.26. The first-order valence-corrected chi connectivity index (χ1v) is 4.69. The highest BCUT2D eigenvalue weighted by atomic mass is 16.5. The minimum Gasteiger partial charge on any atom is -0.496 e. The molecule has 0 aliphatic rings. The summed E-state index contributed by atoms with van der Waals surface area (Å²) in [5.74, 6) is 1.41. The first-order valence-electron chi connectivity index (χ1n) is 4.69. The Morgan fingerprint density at radius 2 is 1.93 bits per heavy atom. The van der Waals surface area contributed by atoms with Gasteiger partial charge in [0, 0.05) is 11.6 Å². The fourth-order valence-corrected chi connectivity index (χ4v) is 1.43. The Hall–Kier alpha value is -1.71. The van der Waals surface area contributed by atoms with Crippen LogP contribution >= 0.6 is 0 Å². The second-order valence-electron chi connectivity index (χ2n) is 3.00. The summed E-state index contributed by atoms with van der Waals surface area (Å²) in [4.78, 5) is 0. The molecule has 0 spiro atoms. The average Bonchev–Trinajstić information content (AvgIpc) is 2.28. The quantitative estimate of drug-likeness (QED) is 0.469. The Labute approximate surface area is 89.1 Å².